The third kappa shape index (κ3) is 7.49. The van der Waals surface area contributed by atoms with Crippen molar-refractivity contribution in [1.29, 1.82) is 5.26 Å². The fourth-order valence-electron chi connectivity index (χ4n) is 1.20. The fourth-order valence-corrected chi connectivity index (χ4v) is 1.20. The molecule has 2 N–H and O–H groups in total. The zero-order chi connectivity index (χ0) is 12.4. The number of alkyl halides is 3. The molecule has 1 unspecified atom stereocenters. The van der Waals surface area contributed by atoms with Crippen LogP contribution in [-0.4, -0.2) is 31.0 Å². The average molecular weight is 238 g/mol. The lowest BCUT2D eigenvalue weighted by Gasteiger charge is -2.13. The van der Waals surface area contributed by atoms with Crippen LogP contribution in [0.4, 0.5) is 13.2 Å². The molecule has 0 aromatic carbocycles. The lowest BCUT2D eigenvalue weighted by Crippen LogP contribution is -2.32. The van der Waals surface area contributed by atoms with E-state index in [9.17, 15) is 13.2 Å². The average Bonchev–Trinajstić information content (AvgIpc) is 2.20. The minimum absolute atomic E-state index is 0.151. The van der Waals surface area contributed by atoms with Crippen molar-refractivity contribution in [2.45, 2.75) is 31.9 Å². The topological polar surface area (TPSA) is 56.0 Å². The highest BCUT2D eigenvalue weighted by Gasteiger charge is 2.39. The number of hydrogen-bond acceptors (Lipinski definition) is 3. The van der Waals surface area contributed by atoms with Crippen molar-refractivity contribution >= 4 is 0 Å². The summed E-state index contributed by atoms with van der Waals surface area (Å²) in [5, 5.41) is 19.4. The molecule has 0 aromatic rings. The Bertz CT molecular complexity index is 213. The van der Waals surface area contributed by atoms with E-state index < -0.39 is 12.1 Å². The maximum atomic E-state index is 12.1. The molecule has 0 saturated carbocycles. The van der Waals surface area contributed by atoms with Crippen LogP contribution in [0.25, 0.3) is 0 Å². The van der Waals surface area contributed by atoms with Gasteiger partial charge >= 0.3 is 6.18 Å². The van der Waals surface area contributed by atoms with Crippen LogP contribution >= 0.6 is 0 Å². The second kappa shape index (κ2) is 8.36. The van der Waals surface area contributed by atoms with Gasteiger partial charge in [0, 0.05) is 13.2 Å². The van der Waals surface area contributed by atoms with Crippen LogP contribution < -0.4 is 5.32 Å². The van der Waals surface area contributed by atoms with E-state index in [0.29, 0.717) is 6.54 Å². The van der Waals surface area contributed by atoms with Gasteiger partial charge in [-0.25, -0.2) is 0 Å². The number of nitrogens with zero attached hydrogens (tertiary/aromatic N) is 1. The van der Waals surface area contributed by atoms with Crippen LogP contribution in [0.3, 0.4) is 0 Å². The molecule has 0 saturated heterocycles. The molecule has 0 bridgehead atoms. The molecule has 6 heteroatoms. The zero-order valence-corrected chi connectivity index (χ0v) is 9.06. The molecule has 16 heavy (non-hydrogen) atoms. The maximum absolute atomic E-state index is 12.1. The van der Waals surface area contributed by atoms with Crippen molar-refractivity contribution in [2.75, 3.05) is 19.7 Å². The molecular formula is C10H17F3N2O. The lowest BCUT2D eigenvalue weighted by molar-refractivity contribution is -0.157. The fraction of sp³-hybridized carbons (Fsp3) is 0.900. The van der Waals surface area contributed by atoms with E-state index in [0.717, 1.165) is 25.7 Å². The van der Waals surface area contributed by atoms with Gasteiger partial charge in [0.05, 0.1) is 6.07 Å². The first-order valence-electron chi connectivity index (χ1n) is 5.30. The third-order valence-corrected chi connectivity index (χ3v) is 2.16. The Kier molecular flexibility index (Phi) is 7.95. The second-order valence-electron chi connectivity index (χ2n) is 3.57. The Labute approximate surface area is 93.3 Å². The van der Waals surface area contributed by atoms with Gasteiger partial charge in [0.2, 0.25) is 0 Å². The Balaban J connectivity index is 3.47. The minimum Gasteiger partial charge on any atom is -0.396 e. The summed E-state index contributed by atoms with van der Waals surface area (Å²) >= 11 is 0. The van der Waals surface area contributed by atoms with E-state index in [1.807, 2.05) is 0 Å². The van der Waals surface area contributed by atoms with E-state index >= 15 is 0 Å². The summed E-state index contributed by atoms with van der Waals surface area (Å²) in [7, 11) is 0. The van der Waals surface area contributed by atoms with E-state index in [1.165, 1.54) is 6.07 Å². The standard InChI is InChI=1S/C10H17F3N2O/c11-10(12,13)9(7-14)8-15-5-3-1-2-4-6-16/h9,15-16H,1-6,8H2. The molecule has 1 atom stereocenters. The minimum atomic E-state index is -4.45. The SMILES string of the molecule is N#CC(CNCCCCCCO)C(F)(F)F. The monoisotopic (exact) mass is 238 g/mol. The Morgan fingerprint density at radius 1 is 1.19 bits per heavy atom. The number of nitriles is 1. The van der Waals surface area contributed by atoms with Crippen molar-refractivity contribution in [3.05, 3.63) is 0 Å². The first-order valence-corrected chi connectivity index (χ1v) is 5.30. The molecule has 0 aliphatic rings. The Hall–Kier alpha value is -0.800. The summed E-state index contributed by atoms with van der Waals surface area (Å²) in [6.07, 6.45) is -1.21. The second-order valence-corrected chi connectivity index (χ2v) is 3.57. The molecule has 0 aromatic heterocycles. The van der Waals surface area contributed by atoms with E-state index in [4.69, 9.17) is 10.4 Å². The summed E-state index contributed by atoms with van der Waals surface area (Å²) in [6, 6.07) is 1.23. The number of hydrogen-bond donors (Lipinski definition) is 2. The summed E-state index contributed by atoms with van der Waals surface area (Å²) in [5.41, 5.74) is 0. The van der Waals surface area contributed by atoms with Crippen molar-refractivity contribution in [3.8, 4) is 6.07 Å². The van der Waals surface area contributed by atoms with Crippen molar-refractivity contribution in [2.24, 2.45) is 5.92 Å². The van der Waals surface area contributed by atoms with Crippen LogP contribution in [0.5, 0.6) is 0 Å². The summed E-state index contributed by atoms with van der Waals surface area (Å²) in [4.78, 5) is 0. The molecule has 0 aliphatic heterocycles. The Morgan fingerprint density at radius 3 is 2.31 bits per heavy atom. The molecule has 0 radical (unpaired) electrons. The molecule has 3 nitrogen and oxygen atoms in total. The number of aliphatic hydroxyl groups excluding tert-OH is 1. The van der Waals surface area contributed by atoms with Crippen molar-refractivity contribution < 1.29 is 18.3 Å². The summed E-state index contributed by atoms with van der Waals surface area (Å²) in [6.45, 7) is 0.275. The zero-order valence-electron chi connectivity index (χ0n) is 9.06. The molecule has 0 aliphatic carbocycles. The molecule has 0 amide bonds. The molecule has 0 heterocycles. The van der Waals surface area contributed by atoms with Crippen LogP contribution in [0, 0.1) is 17.2 Å². The number of aliphatic hydroxyl groups is 1. The predicted molar refractivity (Wildman–Crippen MR) is 53.6 cm³/mol. The van der Waals surface area contributed by atoms with Gasteiger partial charge in [0.15, 0.2) is 5.92 Å². The first-order chi connectivity index (χ1) is 7.52. The first kappa shape index (κ1) is 15.2. The van der Waals surface area contributed by atoms with E-state index in [-0.39, 0.29) is 13.2 Å². The summed E-state index contributed by atoms with van der Waals surface area (Å²) < 4.78 is 36.3. The largest absolute Gasteiger partial charge is 0.405 e. The van der Waals surface area contributed by atoms with Gasteiger partial charge in [-0.2, -0.15) is 18.4 Å². The van der Waals surface area contributed by atoms with Gasteiger partial charge in [0.25, 0.3) is 0 Å². The number of rotatable bonds is 8. The predicted octanol–water partition coefficient (Wildman–Crippen LogP) is 1.83. The molecule has 0 fully saturated rings. The van der Waals surface area contributed by atoms with Crippen LogP contribution in [0.2, 0.25) is 0 Å². The highest BCUT2D eigenvalue weighted by Crippen LogP contribution is 2.24. The van der Waals surface area contributed by atoms with Gasteiger partial charge in [-0.3, -0.25) is 0 Å². The lowest BCUT2D eigenvalue weighted by atomic mass is 10.1. The molecule has 94 valence electrons. The number of nitrogens with one attached hydrogen (secondary N) is 1. The van der Waals surface area contributed by atoms with Gasteiger partial charge in [-0.05, 0) is 19.4 Å². The normalized spacial score (nSPS) is 13.4. The number of unbranched alkanes of at least 4 members (excludes halogenated alkanes) is 3. The third-order valence-electron chi connectivity index (χ3n) is 2.16. The van der Waals surface area contributed by atoms with Crippen LogP contribution in [0.1, 0.15) is 25.7 Å². The van der Waals surface area contributed by atoms with Gasteiger partial charge in [-0.15, -0.1) is 0 Å². The maximum Gasteiger partial charge on any atom is 0.405 e. The van der Waals surface area contributed by atoms with Gasteiger partial charge in [-0.1, -0.05) is 12.8 Å². The molecule has 0 spiro atoms. The van der Waals surface area contributed by atoms with Crippen molar-refractivity contribution in [3.63, 3.8) is 0 Å². The smallest absolute Gasteiger partial charge is 0.396 e. The van der Waals surface area contributed by atoms with Crippen LogP contribution in [-0.2, 0) is 0 Å². The molecule has 0 rings (SSSR count). The Morgan fingerprint density at radius 2 is 1.81 bits per heavy atom. The quantitative estimate of drug-likeness (QED) is 0.634. The molecular weight excluding hydrogens is 221 g/mol. The summed E-state index contributed by atoms with van der Waals surface area (Å²) in [5.74, 6) is -1.93. The van der Waals surface area contributed by atoms with Crippen molar-refractivity contribution in [1.82, 2.24) is 5.32 Å². The highest BCUT2D eigenvalue weighted by molar-refractivity contribution is 4.89. The van der Waals surface area contributed by atoms with Gasteiger partial charge < -0.3 is 10.4 Å². The van der Waals surface area contributed by atoms with Gasteiger partial charge in [0.1, 0.15) is 0 Å². The van der Waals surface area contributed by atoms with E-state index in [1.54, 1.807) is 0 Å². The number of halogens is 3. The van der Waals surface area contributed by atoms with E-state index in [2.05, 4.69) is 5.32 Å². The highest BCUT2D eigenvalue weighted by atomic mass is 19.4. The van der Waals surface area contributed by atoms with Crippen LogP contribution in [0.15, 0.2) is 0 Å².